The fraction of sp³-hybridized carbons (Fsp3) is 0.417. The van der Waals surface area contributed by atoms with Crippen LogP contribution in [-0.4, -0.2) is 27.0 Å². The van der Waals surface area contributed by atoms with Crippen LogP contribution in [0.3, 0.4) is 0 Å². The molecule has 0 aromatic carbocycles. The molecule has 1 aliphatic carbocycles. The van der Waals surface area contributed by atoms with Gasteiger partial charge in [-0.15, -0.1) is 0 Å². The third-order valence-corrected chi connectivity index (χ3v) is 3.55. The highest BCUT2D eigenvalue weighted by atomic mass is 15.5. The number of rotatable bonds is 1. The van der Waals surface area contributed by atoms with Gasteiger partial charge in [-0.2, -0.15) is 15.0 Å². The maximum atomic E-state index is 5.96. The molecule has 2 aromatic rings. The molecule has 92 valence electrons. The minimum absolute atomic E-state index is 0.503. The molecule has 0 unspecified atom stereocenters. The SMILES string of the molecule is CN1Cc2nn(C3CC3)nc2-c2ccnc(N)c21. The lowest BCUT2D eigenvalue weighted by atomic mass is 10.0. The molecule has 1 aliphatic heterocycles. The summed E-state index contributed by atoms with van der Waals surface area (Å²) in [6.45, 7) is 0.741. The number of nitrogens with two attached hydrogens (primary N) is 1. The second-order valence-corrected chi connectivity index (χ2v) is 5.00. The number of hydrogen-bond acceptors (Lipinski definition) is 5. The maximum absolute atomic E-state index is 5.96. The number of nitrogens with zero attached hydrogens (tertiary/aromatic N) is 5. The molecular formula is C12H14N6. The number of fused-ring (bicyclic) bond motifs is 3. The Morgan fingerprint density at radius 2 is 2.17 bits per heavy atom. The fourth-order valence-electron chi connectivity index (χ4n) is 2.50. The van der Waals surface area contributed by atoms with Crippen LogP contribution in [0, 0.1) is 0 Å². The second kappa shape index (κ2) is 3.22. The zero-order valence-electron chi connectivity index (χ0n) is 10.2. The predicted octanol–water partition coefficient (Wildman–Crippen LogP) is 1.21. The van der Waals surface area contributed by atoms with E-state index in [1.807, 2.05) is 17.9 Å². The first kappa shape index (κ1) is 9.87. The molecule has 3 heterocycles. The van der Waals surface area contributed by atoms with Gasteiger partial charge in [-0.25, -0.2) is 4.98 Å². The zero-order valence-corrected chi connectivity index (χ0v) is 10.2. The van der Waals surface area contributed by atoms with Crippen molar-refractivity contribution in [2.45, 2.75) is 25.4 Å². The van der Waals surface area contributed by atoms with Crippen molar-refractivity contribution < 1.29 is 0 Å². The Bertz CT molecular complexity index is 627. The average molecular weight is 242 g/mol. The molecule has 6 nitrogen and oxygen atoms in total. The Morgan fingerprint density at radius 3 is 2.94 bits per heavy atom. The summed E-state index contributed by atoms with van der Waals surface area (Å²) in [6.07, 6.45) is 4.11. The molecule has 4 rings (SSSR count). The summed E-state index contributed by atoms with van der Waals surface area (Å²) < 4.78 is 0. The number of aromatic nitrogens is 4. The molecule has 0 radical (unpaired) electrons. The van der Waals surface area contributed by atoms with E-state index in [-0.39, 0.29) is 0 Å². The van der Waals surface area contributed by atoms with Crippen LogP contribution in [0.15, 0.2) is 12.3 Å². The Morgan fingerprint density at radius 1 is 1.33 bits per heavy atom. The Labute approximate surface area is 104 Å². The molecule has 0 saturated heterocycles. The van der Waals surface area contributed by atoms with Gasteiger partial charge >= 0.3 is 0 Å². The predicted molar refractivity (Wildman–Crippen MR) is 68.0 cm³/mol. The van der Waals surface area contributed by atoms with Gasteiger partial charge in [-0.05, 0) is 18.9 Å². The second-order valence-electron chi connectivity index (χ2n) is 5.00. The van der Waals surface area contributed by atoms with E-state index in [0.717, 1.165) is 29.2 Å². The largest absolute Gasteiger partial charge is 0.382 e. The first-order valence-corrected chi connectivity index (χ1v) is 6.15. The summed E-state index contributed by atoms with van der Waals surface area (Å²) >= 11 is 0. The molecule has 1 fully saturated rings. The van der Waals surface area contributed by atoms with Crippen LogP contribution in [0.2, 0.25) is 0 Å². The highest BCUT2D eigenvalue weighted by Gasteiger charge is 2.31. The first-order valence-electron chi connectivity index (χ1n) is 6.15. The van der Waals surface area contributed by atoms with E-state index >= 15 is 0 Å². The van der Waals surface area contributed by atoms with E-state index in [4.69, 9.17) is 5.73 Å². The Kier molecular flexibility index (Phi) is 1.76. The molecule has 6 heteroatoms. The average Bonchev–Trinajstić information content (AvgIpc) is 3.10. The lowest BCUT2D eigenvalue weighted by Gasteiger charge is -2.26. The molecule has 2 N–H and O–H groups in total. The lowest BCUT2D eigenvalue weighted by Crippen LogP contribution is -2.23. The van der Waals surface area contributed by atoms with Crippen molar-refractivity contribution in [1.82, 2.24) is 20.0 Å². The van der Waals surface area contributed by atoms with Crippen LogP contribution >= 0.6 is 0 Å². The monoisotopic (exact) mass is 242 g/mol. The standard InChI is InChI=1S/C12H14N6/c1-17-6-9-10(16-18(15-9)7-2-3-7)8-4-5-14-12(13)11(8)17/h4-5,7H,2-3,6H2,1H3,(H2,13,14). The van der Waals surface area contributed by atoms with Crippen molar-refractivity contribution in [2.75, 3.05) is 17.7 Å². The van der Waals surface area contributed by atoms with Crippen LogP contribution in [0.25, 0.3) is 11.3 Å². The fourth-order valence-corrected chi connectivity index (χ4v) is 2.50. The van der Waals surface area contributed by atoms with Crippen LogP contribution in [-0.2, 0) is 6.54 Å². The van der Waals surface area contributed by atoms with Gasteiger partial charge in [0.05, 0.1) is 18.3 Å². The molecule has 0 bridgehead atoms. The summed E-state index contributed by atoms with van der Waals surface area (Å²) in [5.74, 6) is 0.557. The lowest BCUT2D eigenvalue weighted by molar-refractivity contribution is 0.549. The van der Waals surface area contributed by atoms with E-state index in [9.17, 15) is 0 Å². The van der Waals surface area contributed by atoms with Crippen LogP contribution in [0.4, 0.5) is 11.5 Å². The third kappa shape index (κ3) is 1.25. The minimum Gasteiger partial charge on any atom is -0.382 e. The third-order valence-electron chi connectivity index (χ3n) is 3.55. The Balaban J connectivity index is 1.93. The van der Waals surface area contributed by atoms with Gasteiger partial charge in [-0.1, -0.05) is 0 Å². The van der Waals surface area contributed by atoms with Gasteiger partial charge < -0.3 is 10.6 Å². The van der Waals surface area contributed by atoms with Crippen molar-refractivity contribution in [3.05, 3.63) is 18.0 Å². The van der Waals surface area contributed by atoms with Gasteiger partial charge in [0.25, 0.3) is 0 Å². The molecular weight excluding hydrogens is 228 g/mol. The molecule has 0 amide bonds. The number of pyridine rings is 1. The number of nitrogen functional groups attached to an aromatic ring is 1. The van der Waals surface area contributed by atoms with Crippen molar-refractivity contribution in [3.63, 3.8) is 0 Å². The molecule has 0 atom stereocenters. The highest BCUT2D eigenvalue weighted by Crippen LogP contribution is 2.41. The smallest absolute Gasteiger partial charge is 0.147 e. The van der Waals surface area contributed by atoms with E-state index in [0.29, 0.717) is 11.9 Å². The summed E-state index contributed by atoms with van der Waals surface area (Å²) in [4.78, 5) is 8.11. The van der Waals surface area contributed by atoms with Crippen LogP contribution in [0.5, 0.6) is 0 Å². The summed E-state index contributed by atoms with van der Waals surface area (Å²) in [5, 5.41) is 9.22. The normalized spacial score (nSPS) is 17.5. The number of hydrogen-bond donors (Lipinski definition) is 1. The van der Waals surface area contributed by atoms with Gasteiger partial charge in [-0.3, -0.25) is 0 Å². The molecule has 1 saturated carbocycles. The van der Waals surface area contributed by atoms with Crippen molar-refractivity contribution in [3.8, 4) is 11.3 Å². The maximum Gasteiger partial charge on any atom is 0.147 e. The van der Waals surface area contributed by atoms with Crippen LogP contribution < -0.4 is 10.6 Å². The van der Waals surface area contributed by atoms with Gasteiger partial charge in [0, 0.05) is 18.8 Å². The molecule has 2 aromatic heterocycles. The van der Waals surface area contributed by atoms with Gasteiger partial charge in [0.15, 0.2) is 0 Å². The Hall–Kier alpha value is -2.11. The van der Waals surface area contributed by atoms with Gasteiger partial charge in [0.2, 0.25) is 0 Å². The summed E-state index contributed by atoms with van der Waals surface area (Å²) in [5.41, 5.74) is 9.96. The van der Waals surface area contributed by atoms with Crippen molar-refractivity contribution >= 4 is 11.5 Å². The van der Waals surface area contributed by atoms with Gasteiger partial charge in [0.1, 0.15) is 17.2 Å². The summed E-state index contributed by atoms with van der Waals surface area (Å²) in [7, 11) is 2.01. The molecule has 18 heavy (non-hydrogen) atoms. The highest BCUT2D eigenvalue weighted by molar-refractivity contribution is 5.86. The zero-order chi connectivity index (χ0) is 12.3. The minimum atomic E-state index is 0.503. The summed E-state index contributed by atoms with van der Waals surface area (Å²) in [6, 6.07) is 2.47. The topological polar surface area (TPSA) is 72.9 Å². The quantitative estimate of drug-likeness (QED) is 0.813. The number of anilines is 2. The first-order chi connectivity index (χ1) is 8.74. The molecule has 2 aliphatic rings. The van der Waals surface area contributed by atoms with E-state index in [2.05, 4.69) is 20.1 Å². The molecule has 0 spiro atoms. The van der Waals surface area contributed by atoms with Crippen molar-refractivity contribution in [1.29, 1.82) is 0 Å². The van der Waals surface area contributed by atoms with Crippen molar-refractivity contribution in [2.24, 2.45) is 0 Å². The van der Waals surface area contributed by atoms with E-state index in [1.54, 1.807) is 6.20 Å². The van der Waals surface area contributed by atoms with E-state index in [1.165, 1.54) is 12.8 Å². The van der Waals surface area contributed by atoms with E-state index < -0.39 is 0 Å². The van der Waals surface area contributed by atoms with Crippen LogP contribution in [0.1, 0.15) is 24.6 Å².